The van der Waals surface area contributed by atoms with E-state index in [1.165, 1.54) is 0 Å². The normalized spacial score (nSPS) is 22.7. The zero-order valence-electron chi connectivity index (χ0n) is 13.1. The standard InChI is InChI=1S/C16H22N4O2S/c17-12-13-1-2-16(15(18)11-13)20-5-3-14(4-6-20)19-7-9-23(21,22)10-8-19/h1-2,11,14H,3-10,18H2. The summed E-state index contributed by atoms with van der Waals surface area (Å²) in [6.07, 6.45) is 2.03. The van der Waals surface area contributed by atoms with Gasteiger partial charge in [0.15, 0.2) is 9.84 Å². The Morgan fingerprint density at radius 1 is 1.13 bits per heavy atom. The second-order valence-corrected chi connectivity index (χ2v) is 8.60. The van der Waals surface area contributed by atoms with E-state index in [-0.39, 0.29) is 11.5 Å². The molecule has 2 saturated heterocycles. The number of nitrogens with zero attached hydrogens (tertiary/aromatic N) is 3. The van der Waals surface area contributed by atoms with Crippen LogP contribution in [0.3, 0.4) is 0 Å². The number of benzene rings is 1. The van der Waals surface area contributed by atoms with Gasteiger partial charge in [0, 0.05) is 32.2 Å². The minimum absolute atomic E-state index is 0.287. The van der Waals surface area contributed by atoms with E-state index in [1.54, 1.807) is 12.1 Å². The molecule has 6 nitrogen and oxygen atoms in total. The molecular formula is C16H22N4O2S. The maximum atomic E-state index is 11.5. The van der Waals surface area contributed by atoms with Crippen LogP contribution < -0.4 is 10.6 Å². The van der Waals surface area contributed by atoms with Crippen molar-refractivity contribution in [2.45, 2.75) is 18.9 Å². The first kappa shape index (κ1) is 16.1. The minimum atomic E-state index is -2.82. The maximum absolute atomic E-state index is 11.5. The Morgan fingerprint density at radius 2 is 1.78 bits per heavy atom. The van der Waals surface area contributed by atoms with Crippen molar-refractivity contribution >= 4 is 21.2 Å². The number of nitriles is 1. The molecule has 0 aliphatic carbocycles. The monoisotopic (exact) mass is 334 g/mol. The van der Waals surface area contributed by atoms with Crippen LogP contribution in [0.1, 0.15) is 18.4 Å². The van der Waals surface area contributed by atoms with Crippen molar-refractivity contribution in [2.75, 3.05) is 48.3 Å². The van der Waals surface area contributed by atoms with Crippen LogP contribution in [0.2, 0.25) is 0 Å². The van der Waals surface area contributed by atoms with Crippen molar-refractivity contribution in [3.05, 3.63) is 23.8 Å². The van der Waals surface area contributed by atoms with E-state index < -0.39 is 9.84 Å². The van der Waals surface area contributed by atoms with Gasteiger partial charge < -0.3 is 10.6 Å². The molecule has 2 N–H and O–H groups in total. The lowest BCUT2D eigenvalue weighted by atomic mass is 10.0. The fourth-order valence-corrected chi connectivity index (χ4v) is 4.71. The van der Waals surface area contributed by atoms with Crippen LogP contribution in [-0.2, 0) is 9.84 Å². The molecule has 1 aromatic rings. The Labute approximate surface area is 137 Å². The molecule has 3 rings (SSSR count). The molecule has 2 fully saturated rings. The first-order valence-electron chi connectivity index (χ1n) is 7.97. The Hall–Kier alpha value is -1.78. The molecule has 1 aromatic carbocycles. The van der Waals surface area contributed by atoms with Gasteiger partial charge in [0.25, 0.3) is 0 Å². The van der Waals surface area contributed by atoms with Crippen molar-refractivity contribution < 1.29 is 8.42 Å². The number of piperidine rings is 1. The van der Waals surface area contributed by atoms with E-state index in [2.05, 4.69) is 15.9 Å². The maximum Gasteiger partial charge on any atom is 0.152 e. The number of rotatable bonds is 2. The van der Waals surface area contributed by atoms with E-state index in [1.807, 2.05) is 6.07 Å². The van der Waals surface area contributed by atoms with Gasteiger partial charge in [-0.25, -0.2) is 8.42 Å². The number of sulfone groups is 1. The van der Waals surface area contributed by atoms with Crippen LogP contribution in [0.4, 0.5) is 11.4 Å². The Balaban J connectivity index is 1.60. The molecule has 2 heterocycles. The van der Waals surface area contributed by atoms with Gasteiger partial charge in [-0.05, 0) is 31.0 Å². The predicted molar refractivity (Wildman–Crippen MR) is 91.0 cm³/mol. The molecular weight excluding hydrogens is 312 g/mol. The fraction of sp³-hybridized carbons (Fsp3) is 0.562. The van der Waals surface area contributed by atoms with Gasteiger partial charge >= 0.3 is 0 Å². The van der Waals surface area contributed by atoms with E-state index in [9.17, 15) is 8.42 Å². The molecule has 7 heteroatoms. The first-order chi connectivity index (χ1) is 11.0. The van der Waals surface area contributed by atoms with Crippen molar-refractivity contribution in [1.82, 2.24) is 4.90 Å². The summed E-state index contributed by atoms with van der Waals surface area (Å²) in [7, 11) is -2.82. The lowest BCUT2D eigenvalue weighted by molar-refractivity contribution is 0.182. The van der Waals surface area contributed by atoms with Crippen LogP contribution in [0, 0.1) is 11.3 Å². The largest absolute Gasteiger partial charge is 0.397 e. The summed E-state index contributed by atoms with van der Waals surface area (Å²) in [5, 5.41) is 8.91. The van der Waals surface area contributed by atoms with Crippen molar-refractivity contribution in [1.29, 1.82) is 5.26 Å². The average Bonchev–Trinajstić information content (AvgIpc) is 2.55. The summed E-state index contributed by atoms with van der Waals surface area (Å²) in [5.74, 6) is 0.575. The highest BCUT2D eigenvalue weighted by atomic mass is 32.2. The molecule has 0 atom stereocenters. The number of anilines is 2. The van der Waals surface area contributed by atoms with E-state index in [0.717, 1.165) is 31.6 Å². The molecule has 0 aromatic heterocycles. The van der Waals surface area contributed by atoms with Crippen LogP contribution in [0.15, 0.2) is 18.2 Å². The molecule has 23 heavy (non-hydrogen) atoms. The molecule has 0 spiro atoms. The van der Waals surface area contributed by atoms with Gasteiger partial charge in [-0.1, -0.05) is 0 Å². The molecule has 0 bridgehead atoms. The van der Waals surface area contributed by atoms with Crippen molar-refractivity contribution in [3.8, 4) is 6.07 Å². The molecule has 0 saturated carbocycles. The second-order valence-electron chi connectivity index (χ2n) is 6.29. The predicted octanol–water partition coefficient (Wildman–Crippen LogP) is 0.840. The third-order valence-electron chi connectivity index (χ3n) is 4.86. The minimum Gasteiger partial charge on any atom is -0.397 e. The summed E-state index contributed by atoms with van der Waals surface area (Å²) < 4.78 is 23.1. The van der Waals surface area contributed by atoms with Gasteiger partial charge in [-0.2, -0.15) is 5.26 Å². The molecule has 2 aliphatic heterocycles. The van der Waals surface area contributed by atoms with Gasteiger partial charge in [-0.3, -0.25) is 4.90 Å². The van der Waals surface area contributed by atoms with Crippen LogP contribution in [0.25, 0.3) is 0 Å². The second kappa shape index (κ2) is 6.38. The first-order valence-corrected chi connectivity index (χ1v) is 9.80. The average molecular weight is 334 g/mol. The van der Waals surface area contributed by atoms with Crippen LogP contribution >= 0.6 is 0 Å². The lowest BCUT2D eigenvalue weighted by Crippen LogP contribution is -2.50. The number of nitrogen functional groups attached to an aromatic ring is 1. The molecule has 0 amide bonds. The molecule has 0 radical (unpaired) electrons. The zero-order valence-corrected chi connectivity index (χ0v) is 13.9. The zero-order chi connectivity index (χ0) is 16.4. The SMILES string of the molecule is N#Cc1ccc(N2CCC(N3CCS(=O)(=O)CC3)CC2)c(N)c1. The van der Waals surface area contributed by atoms with Gasteiger partial charge in [0.05, 0.1) is 34.5 Å². The van der Waals surface area contributed by atoms with E-state index >= 15 is 0 Å². The highest BCUT2D eigenvalue weighted by Crippen LogP contribution is 2.28. The summed E-state index contributed by atoms with van der Waals surface area (Å²) in [4.78, 5) is 4.58. The summed E-state index contributed by atoms with van der Waals surface area (Å²) >= 11 is 0. The van der Waals surface area contributed by atoms with E-state index in [4.69, 9.17) is 11.0 Å². The summed E-state index contributed by atoms with van der Waals surface area (Å²) in [6.45, 7) is 3.13. The number of nitrogens with two attached hydrogens (primary N) is 1. The van der Waals surface area contributed by atoms with Gasteiger partial charge in [-0.15, -0.1) is 0 Å². The molecule has 2 aliphatic rings. The van der Waals surface area contributed by atoms with Crippen molar-refractivity contribution in [3.63, 3.8) is 0 Å². The van der Waals surface area contributed by atoms with Crippen molar-refractivity contribution in [2.24, 2.45) is 0 Å². The van der Waals surface area contributed by atoms with Gasteiger partial charge in [0.1, 0.15) is 0 Å². The third kappa shape index (κ3) is 3.59. The van der Waals surface area contributed by atoms with Gasteiger partial charge in [0.2, 0.25) is 0 Å². The third-order valence-corrected chi connectivity index (χ3v) is 6.47. The smallest absolute Gasteiger partial charge is 0.152 e. The highest BCUT2D eigenvalue weighted by Gasteiger charge is 2.30. The molecule has 0 unspecified atom stereocenters. The summed E-state index contributed by atoms with van der Waals surface area (Å²) in [5.41, 5.74) is 8.28. The van der Waals surface area contributed by atoms with E-state index in [0.29, 0.717) is 30.4 Å². The fourth-order valence-electron chi connectivity index (χ4n) is 3.48. The quantitative estimate of drug-likeness (QED) is 0.806. The number of hydrogen-bond donors (Lipinski definition) is 1. The Bertz CT molecular complexity index is 704. The topological polar surface area (TPSA) is 90.4 Å². The molecule has 124 valence electrons. The van der Waals surface area contributed by atoms with Crippen LogP contribution in [0.5, 0.6) is 0 Å². The number of hydrogen-bond acceptors (Lipinski definition) is 6. The Morgan fingerprint density at radius 3 is 2.35 bits per heavy atom. The highest BCUT2D eigenvalue weighted by molar-refractivity contribution is 7.91. The van der Waals surface area contributed by atoms with Crippen LogP contribution in [-0.4, -0.2) is 57.0 Å². The Kier molecular flexibility index (Phi) is 4.46. The summed E-state index contributed by atoms with van der Waals surface area (Å²) in [6, 6.07) is 8.00. The lowest BCUT2D eigenvalue weighted by Gasteiger charge is -2.41.